The lowest BCUT2D eigenvalue weighted by Gasteiger charge is -2.20. The number of anilines is 1. The molecule has 1 aliphatic heterocycles. The summed E-state index contributed by atoms with van der Waals surface area (Å²) in [5, 5.41) is 11.0. The summed E-state index contributed by atoms with van der Waals surface area (Å²) in [6, 6.07) is 16.5. The lowest BCUT2D eigenvalue weighted by molar-refractivity contribution is -0.120. The Balaban J connectivity index is 1.33. The largest absolute Gasteiger partial charge is 0.489 e. The number of ether oxygens (including phenoxy) is 1. The van der Waals surface area contributed by atoms with E-state index < -0.39 is 11.9 Å². The number of carbonyl (C=O) groups excluding carboxylic acids is 2. The van der Waals surface area contributed by atoms with Crippen molar-refractivity contribution in [3.63, 3.8) is 0 Å². The van der Waals surface area contributed by atoms with Crippen LogP contribution < -0.4 is 15.0 Å². The quantitative estimate of drug-likeness (QED) is 0.719. The summed E-state index contributed by atoms with van der Waals surface area (Å²) in [5.41, 5.74) is 1.75. The van der Waals surface area contributed by atoms with Crippen LogP contribution in [0.15, 0.2) is 60.8 Å². The van der Waals surface area contributed by atoms with Gasteiger partial charge in [0.25, 0.3) is 11.8 Å². The maximum atomic E-state index is 12.8. The van der Waals surface area contributed by atoms with Gasteiger partial charge < -0.3 is 15.0 Å². The van der Waals surface area contributed by atoms with E-state index in [0.29, 0.717) is 11.4 Å². The number of hydrogen-bond acceptors (Lipinski definition) is 5. The maximum Gasteiger partial charge on any atom is 0.274 e. The number of nitrogens with one attached hydrogen (secondary N) is 1. The Morgan fingerprint density at radius 1 is 1.13 bits per heavy atom. The third kappa shape index (κ3) is 3.01. The van der Waals surface area contributed by atoms with E-state index in [1.165, 1.54) is 4.90 Å². The van der Waals surface area contributed by atoms with Gasteiger partial charge in [0.2, 0.25) is 0 Å². The number of carbonyl (C=O) groups is 2. The third-order valence-electron chi connectivity index (χ3n) is 5.77. The second-order valence-corrected chi connectivity index (χ2v) is 7.65. The molecule has 0 radical (unpaired) electrons. The van der Waals surface area contributed by atoms with E-state index in [-0.39, 0.29) is 23.7 Å². The van der Waals surface area contributed by atoms with Gasteiger partial charge in [-0.2, -0.15) is 0 Å². The fraction of sp³-hybridized carbons (Fsp3) is 0.273. The van der Waals surface area contributed by atoms with Crippen LogP contribution in [-0.4, -0.2) is 46.5 Å². The summed E-state index contributed by atoms with van der Waals surface area (Å²) in [7, 11) is 1.67. The first kappa shape index (κ1) is 18.4. The van der Waals surface area contributed by atoms with Crippen LogP contribution in [0.5, 0.6) is 5.75 Å². The molecular formula is C22H21N5O3. The number of benzene rings is 2. The summed E-state index contributed by atoms with van der Waals surface area (Å²) in [4.78, 5) is 27.1. The monoisotopic (exact) mass is 403 g/mol. The molecule has 30 heavy (non-hydrogen) atoms. The Bertz CT molecular complexity index is 1110. The van der Waals surface area contributed by atoms with E-state index >= 15 is 0 Å². The normalized spacial score (nSPS) is 19.4. The molecule has 0 unspecified atom stereocenters. The molecule has 0 saturated heterocycles. The minimum Gasteiger partial charge on any atom is -0.489 e. The fourth-order valence-electron chi connectivity index (χ4n) is 3.88. The summed E-state index contributed by atoms with van der Waals surface area (Å²) in [6.45, 7) is 0.0496. The second kappa shape index (κ2) is 6.98. The number of hydrogen-bond donors (Lipinski definition) is 1. The Morgan fingerprint density at radius 2 is 1.87 bits per heavy atom. The minimum atomic E-state index is -0.816. The van der Waals surface area contributed by atoms with Gasteiger partial charge in [0.15, 0.2) is 5.69 Å². The number of aromatic nitrogens is 3. The smallest absolute Gasteiger partial charge is 0.274 e. The van der Waals surface area contributed by atoms with Crippen LogP contribution in [0.2, 0.25) is 0 Å². The van der Waals surface area contributed by atoms with Crippen LogP contribution >= 0.6 is 0 Å². The highest BCUT2D eigenvalue weighted by Gasteiger charge is 2.47. The van der Waals surface area contributed by atoms with Gasteiger partial charge in [-0.1, -0.05) is 47.7 Å². The minimum absolute atomic E-state index is 0.0496. The molecule has 0 bridgehead atoms. The SMILES string of the molecule is CN1C(=O)[C@@H](NC(=O)c2cn(C3(c4ccccc4)CC3)nn2)COc2ccccc21. The number of fused-ring (bicyclic) bond motifs is 1. The molecule has 8 heteroatoms. The fourth-order valence-corrected chi connectivity index (χ4v) is 3.88. The van der Waals surface area contributed by atoms with Gasteiger partial charge in [0, 0.05) is 7.05 Å². The van der Waals surface area contributed by atoms with Crippen molar-refractivity contribution in [1.82, 2.24) is 20.3 Å². The van der Waals surface area contributed by atoms with Gasteiger partial charge >= 0.3 is 0 Å². The Labute approximate surface area is 173 Å². The molecule has 1 aliphatic carbocycles. The molecule has 5 rings (SSSR count). The van der Waals surface area contributed by atoms with Gasteiger partial charge in [-0.3, -0.25) is 9.59 Å². The van der Waals surface area contributed by atoms with E-state index in [0.717, 1.165) is 18.4 Å². The number of nitrogens with zero attached hydrogens (tertiary/aromatic N) is 4. The van der Waals surface area contributed by atoms with Crippen molar-refractivity contribution in [1.29, 1.82) is 0 Å². The predicted molar refractivity (Wildman–Crippen MR) is 109 cm³/mol. The number of rotatable bonds is 4. The van der Waals surface area contributed by atoms with Crippen molar-refractivity contribution in [2.24, 2.45) is 0 Å². The zero-order chi connectivity index (χ0) is 20.7. The van der Waals surface area contributed by atoms with Crippen LogP contribution in [-0.2, 0) is 10.3 Å². The molecule has 3 aromatic rings. The average molecular weight is 403 g/mol. The van der Waals surface area contributed by atoms with E-state index in [1.807, 2.05) is 36.4 Å². The maximum absolute atomic E-state index is 12.8. The van der Waals surface area contributed by atoms with Crippen molar-refractivity contribution in [2.75, 3.05) is 18.6 Å². The molecule has 1 saturated carbocycles. The van der Waals surface area contributed by atoms with Gasteiger partial charge in [-0.05, 0) is 30.5 Å². The van der Waals surface area contributed by atoms with Gasteiger partial charge in [0.1, 0.15) is 18.4 Å². The van der Waals surface area contributed by atoms with Crippen molar-refractivity contribution >= 4 is 17.5 Å². The molecule has 1 atom stereocenters. The van der Waals surface area contributed by atoms with E-state index in [4.69, 9.17) is 4.74 Å². The first-order chi connectivity index (χ1) is 14.6. The first-order valence-electron chi connectivity index (χ1n) is 9.87. The molecule has 2 heterocycles. The van der Waals surface area contributed by atoms with Crippen molar-refractivity contribution in [3.05, 3.63) is 72.1 Å². The second-order valence-electron chi connectivity index (χ2n) is 7.65. The molecule has 8 nitrogen and oxygen atoms in total. The molecule has 1 aromatic heterocycles. The third-order valence-corrected chi connectivity index (χ3v) is 5.77. The van der Waals surface area contributed by atoms with Crippen LogP contribution in [0.25, 0.3) is 0 Å². The van der Waals surface area contributed by atoms with E-state index in [9.17, 15) is 9.59 Å². The molecule has 1 fully saturated rings. The lowest BCUT2D eigenvalue weighted by atomic mass is 10.1. The average Bonchev–Trinajstić information content (AvgIpc) is 3.47. The predicted octanol–water partition coefficient (Wildman–Crippen LogP) is 1.97. The number of amides is 2. The lowest BCUT2D eigenvalue weighted by Crippen LogP contribution is -2.49. The highest BCUT2D eigenvalue weighted by molar-refractivity contribution is 6.02. The summed E-state index contributed by atoms with van der Waals surface area (Å²) in [6.07, 6.45) is 3.54. The van der Waals surface area contributed by atoms with Gasteiger partial charge in [-0.25, -0.2) is 4.68 Å². The zero-order valence-electron chi connectivity index (χ0n) is 16.5. The number of para-hydroxylation sites is 2. The molecular weight excluding hydrogens is 382 g/mol. The summed E-state index contributed by atoms with van der Waals surface area (Å²) < 4.78 is 7.50. The Kier molecular flexibility index (Phi) is 4.27. The van der Waals surface area contributed by atoms with Crippen molar-refractivity contribution in [2.45, 2.75) is 24.4 Å². The van der Waals surface area contributed by atoms with Gasteiger partial charge in [0.05, 0.1) is 17.4 Å². The van der Waals surface area contributed by atoms with Crippen LogP contribution in [0.3, 0.4) is 0 Å². The molecule has 2 aromatic carbocycles. The van der Waals surface area contributed by atoms with Crippen molar-refractivity contribution in [3.8, 4) is 5.75 Å². The van der Waals surface area contributed by atoms with Crippen LogP contribution in [0.4, 0.5) is 5.69 Å². The standard InChI is InChI=1S/C22H21N5O3/c1-26-18-9-5-6-10-19(18)30-14-17(21(26)29)23-20(28)16-13-27(25-24-16)22(11-12-22)15-7-3-2-4-8-15/h2-10,13,17H,11-12,14H2,1H3,(H,23,28)/t17-/m0/s1. The molecule has 2 amide bonds. The van der Waals surface area contributed by atoms with Crippen molar-refractivity contribution < 1.29 is 14.3 Å². The van der Waals surface area contributed by atoms with Gasteiger partial charge in [-0.15, -0.1) is 5.10 Å². The molecule has 2 aliphatic rings. The highest BCUT2D eigenvalue weighted by atomic mass is 16.5. The Morgan fingerprint density at radius 3 is 2.63 bits per heavy atom. The summed E-state index contributed by atoms with van der Waals surface area (Å²) in [5.74, 6) is -0.0929. The molecule has 0 spiro atoms. The van der Waals surface area contributed by atoms with Crippen LogP contribution in [0, 0.1) is 0 Å². The van der Waals surface area contributed by atoms with Crippen LogP contribution in [0.1, 0.15) is 28.9 Å². The summed E-state index contributed by atoms with van der Waals surface area (Å²) >= 11 is 0. The van der Waals surface area contributed by atoms with E-state index in [2.05, 4.69) is 27.8 Å². The zero-order valence-corrected chi connectivity index (χ0v) is 16.5. The topological polar surface area (TPSA) is 89.4 Å². The molecule has 1 N–H and O–H groups in total. The number of likely N-dealkylation sites (N-methyl/N-ethyl adjacent to an activating group) is 1. The Hall–Kier alpha value is -3.68. The van der Waals surface area contributed by atoms with E-state index in [1.54, 1.807) is 24.0 Å². The highest BCUT2D eigenvalue weighted by Crippen LogP contribution is 2.48. The molecule has 152 valence electrons. The first-order valence-corrected chi connectivity index (χ1v) is 9.87.